The molecule has 3 aromatic rings. The Hall–Kier alpha value is -2.74. The molecule has 7 nitrogen and oxygen atoms in total. The molecule has 1 aliphatic heterocycles. The second-order valence-corrected chi connectivity index (χ2v) is 9.89. The average molecular weight is 468 g/mol. The van der Waals surface area contributed by atoms with Crippen molar-refractivity contribution in [1.82, 2.24) is 20.1 Å². The van der Waals surface area contributed by atoms with Crippen molar-refractivity contribution in [3.8, 4) is 0 Å². The Balaban J connectivity index is 1.45. The number of nitrogens with one attached hydrogen (secondary N) is 1. The van der Waals surface area contributed by atoms with Crippen LogP contribution in [0.5, 0.6) is 0 Å². The van der Waals surface area contributed by atoms with Crippen LogP contribution in [-0.4, -0.2) is 39.5 Å². The quantitative estimate of drug-likeness (QED) is 0.427. The second-order valence-electron chi connectivity index (χ2n) is 8.94. The molecule has 3 heterocycles. The van der Waals surface area contributed by atoms with E-state index in [0.717, 1.165) is 54.8 Å². The number of aromatic nitrogens is 3. The Morgan fingerprint density at radius 2 is 1.88 bits per heavy atom. The molecule has 0 aliphatic carbocycles. The highest BCUT2D eigenvalue weighted by atomic mass is 32.2. The van der Waals surface area contributed by atoms with Crippen molar-refractivity contribution >= 4 is 23.6 Å². The zero-order valence-corrected chi connectivity index (χ0v) is 20.3. The summed E-state index contributed by atoms with van der Waals surface area (Å²) in [4.78, 5) is 15.2. The van der Waals surface area contributed by atoms with E-state index < -0.39 is 0 Å². The molecule has 2 aromatic heterocycles. The van der Waals surface area contributed by atoms with E-state index in [0.29, 0.717) is 12.5 Å². The van der Waals surface area contributed by atoms with E-state index in [9.17, 15) is 4.79 Å². The van der Waals surface area contributed by atoms with Crippen LogP contribution in [-0.2, 0) is 11.3 Å². The lowest BCUT2D eigenvalue weighted by atomic mass is 9.97. The number of thioether (sulfide) groups is 1. The largest absolute Gasteiger partial charge is 0.467 e. The standard InChI is InChI=1S/C25H33N5O2S/c1-19(2)16-22(20-10-5-3-6-11-20)26-23(31)18-33-25-28-27-24(29-13-7-4-8-14-29)30(25)17-21-12-9-15-32-21/h3,5-6,9-12,15,19,22H,4,7-8,13-14,16-18H2,1-2H3,(H,26,31). The number of rotatable bonds is 10. The molecule has 1 aliphatic rings. The third-order valence-electron chi connectivity index (χ3n) is 5.81. The molecule has 0 radical (unpaired) electrons. The van der Waals surface area contributed by atoms with Crippen LogP contribution >= 0.6 is 11.8 Å². The number of hydrogen-bond acceptors (Lipinski definition) is 6. The molecular weight excluding hydrogens is 434 g/mol. The number of anilines is 1. The summed E-state index contributed by atoms with van der Waals surface area (Å²) in [6, 6.07) is 14.0. The van der Waals surface area contributed by atoms with Gasteiger partial charge in [0, 0.05) is 13.1 Å². The maximum absolute atomic E-state index is 12.9. The summed E-state index contributed by atoms with van der Waals surface area (Å²) in [5.74, 6) is 2.47. The highest BCUT2D eigenvalue weighted by Gasteiger charge is 2.22. The summed E-state index contributed by atoms with van der Waals surface area (Å²) in [6.07, 6.45) is 6.15. The normalized spacial score (nSPS) is 15.1. The van der Waals surface area contributed by atoms with Gasteiger partial charge in [0.25, 0.3) is 0 Å². The monoisotopic (exact) mass is 467 g/mol. The molecule has 176 valence electrons. The van der Waals surface area contributed by atoms with Crippen LogP contribution in [0.4, 0.5) is 5.95 Å². The third-order valence-corrected chi connectivity index (χ3v) is 6.77. The molecule has 8 heteroatoms. The molecule has 1 amide bonds. The fraction of sp³-hybridized carbons (Fsp3) is 0.480. The maximum Gasteiger partial charge on any atom is 0.230 e. The molecule has 0 spiro atoms. The van der Waals surface area contributed by atoms with Crippen molar-refractivity contribution < 1.29 is 9.21 Å². The number of carbonyl (C=O) groups is 1. The van der Waals surface area contributed by atoms with Crippen molar-refractivity contribution in [3.63, 3.8) is 0 Å². The van der Waals surface area contributed by atoms with Crippen LogP contribution in [0, 0.1) is 5.92 Å². The lowest BCUT2D eigenvalue weighted by Crippen LogP contribution is -2.32. The van der Waals surface area contributed by atoms with Crippen molar-refractivity contribution in [2.75, 3.05) is 23.7 Å². The molecule has 1 unspecified atom stereocenters. The Morgan fingerprint density at radius 3 is 2.58 bits per heavy atom. The molecule has 1 atom stereocenters. The first kappa shape index (κ1) is 23.4. The van der Waals surface area contributed by atoms with Gasteiger partial charge in [0.15, 0.2) is 5.16 Å². The number of hydrogen-bond donors (Lipinski definition) is 1. The van der Waals surface area contributed by atoms with Gasteiger partial charge in [-0.15, -0.1) is 10.2 Å². The van der Waals surface area contributed by atoms with Gasteiger partial charge < -0.3 is 14.6 Å². The molecular formula is C25H33N5O2S. The minimum atomic E-state index is 0.00146. The minimum absolute atomic E-state index is 0.00146. The van der Waals surface area contributed by atoms with E-state index in [2.05, 4.69) is 51.0 Å². The van der Waals surface area contributed by atoms with E-state index in [1.54, 1.807) is 6.26 Å². The van der Waals surface area contributed by atoms with Gasteiger partial charge in [-0.2, -0.15) is 0 Å². The van der Waals surface area contributed by atoms with Crippen LogP contribution in [0.15, 0.2) is 58.3 Å². The topological polar surface area (TPSA) is 76.2 Å². The van der Waals surface area contributed by atoms with Crippen molar-refractivity contribution in [3.05, 3.63) is 60.1 Å². The van der Waals surface area contributed by atoms with Gasteiger partial charge in [-0.25, -0.2) is 0 Å². The number of benzene rings is 1. The van der Waals surface area contributed by atoms with E-state index >= 15 is 0 Å². The lowest BCUT2D eigenvalue weighted by molar-refractivity contribution is -0.119. The predicted molar refractivity (Wildman–Crippen MR) is 131 cm³/mol. The molecule has 33 heavy (non-hydrogen) atoms. The Bertz CT molecular complexity index is 997. The number of piperidine rings is 1. The van der Waals surface area contributed by atoms with E-state index in [1.165, 1.54) is 18.2 Å². The average Bonchev–Trinajstić information content (AvgIpc) is 3.48. The third kappa shape index (κ3) is 6.41. The molecule has 1 fully saturated rings. The first-order valence-electron chi connectivity index (χ1n) is 11.8. The van der Waals surface area contributed by atoms with Gasteiger partial charge in [0.05, 0.1) is 24.6 Å². The summed E-state index contributed by atoms with van der Waals surface area (Å²) in [6.45, 7) is 6.87. The molecule has 0 bridgehead atoms. The number of furan rings is 1. The maximum atomic E-state index is 12.9. The van der Waals surface area contributed by atoms with Gasteiger partial charge in [0.1, 0.15) is 5.76 Å². The molecule has 1 N–H and O–H groups in total. The Labute approximate surface area is 199 Å². The van der Waals surface area contributed by atoms with Gasteiger partial charge >= 0.3 is 0 Å². The number of nitrogens with zero attached hydrogens (tertiary/aromatic N) is 4. The lowest BCUT2D eigenvalue weighted by Gasteiger charge is -2.27. The van der Waals surface area contributed by atoms with E-state index in [1.807, 2.05) is 30.3 Å². The Morgan fingerprint density at radius 1 is 1.09 bits per heavy atom. The molecule has 4 rings (SSSR count). The van der Waals surface area contributed by atoms with Gasteiger partial charge in [0.2, 0.25) is 11.9 Å². The summed E-state index contributed by atoms with van der Waals surface area (Å²) in [5.41, 5.74) is 1.14. The molecule has 0 saturated carbocycles. The molecule has 1 saturated heterocycles. The summed E-state index contributed by atoms with van der Waals surface area (Å²) in [7, 11) is 0. The first-order chi connectivity index (χ1) is 16.1. The van der Waals surface area contributed by atoms with Crippen LogP contribution in [0.3, 0.4) is 0 Å². The highest BCUT2D eigenvalue weighted by molar-refractivity contribution is 7.99. The predicted octanol–water partition coefficient (Wildman–Crippen LogP) is 4.91. The fourth-order valence-corrected chi connectivity index (χ4v) is 4.96. The van der Waals surface area contributed by atoms with Crippen molar-refractivity contribution in [2.45, 2.75) is 57.3 Å². The fourth-order valence-electron chi connectivity index (χ4n) is 4.21. The van der Waals surface area contributed by atoms with E-state index in [4.69, 9.17) is 4.42 Å². The van der Waals surface area contributed by atoms with Crippen molar-refractivity contribution in [1.29, 1.82) is 0 Å². The van der Waals surface area contributed by atoms with Gasteiger partial charge in [-0.3, -0.25) is 9.36 Å². The highest BCUT2D eigenvalue weighted by Crippen LogP contribution is 2.26. The van der Waals surface area contributed by atoms with Gasteiger partial charge in [-0.05, 0) is 49.3 Å². The minimum Gasteiger partial charge on any atom is -0.467 e. The van der Waals surface area contributed by atoms with Gasteiger partial charge in [-0.1, -0.05) is 55.9 Å². The first-order valence-corrected chi connectivity index (χ1v) is 12.8. The molecule has 1 aromatic carbocycles. The van der Waals surface area contributed by atoms with Crippen LogP contribution in [0.1, 0.15) is 56.9 Å². The van der Waals surface area contributed by atoms with Crippen LogP contribution in [0.25, 0.3) is 0 Å². The zero-order valence-electron chi connectivity index (χ0n) is 19.4. The second kappa shape index (κ2) is 11.4. The van der Waals surface area contributed by atoms with Crippen LogP contribution in [0.2, 0.25) is 0 Å². The Kier molecular flexibility index (Phi) is 8.10. The van der Waals surface area contributed by atoms with E-state index in [-0.39, 0.29) is 17.7 Å². The summed E-state index contributed by atoms with van der Waals surface area (Å²) in [5, 5.41) is 12.9. The zero-order chi connectivity index (χ0) is 23.0. The number of carbonyl (C=O) groups excluding carboxylic acids is 1. The SMILES string of the molecule is CC(C)CC(NC(=O)CSc1nnc(N2CCCCC2)n1Cc1ccco1)c1ccccc1. The summed E-state index contributed by atoms with van der Waals surface area (Å²) < 4.78 is 7.66. The van der Waals surface area contributed by atoms with Crippen molar-refractivity contribution in [2.24, 2.45) is 5.92 Å². The smallest absolute Gasteiger partial charge is 0.230 e. The summed E-state index contributed by atoms with van der Waals surface area (Å²) >= 11 is 1.43. The number of amides is 1. The van der Waals surface area contributed by atoms with Crippen LogP contribution < -0.4 is 10.2 Å².